The summed E-state index contributed by atoms with van der Waals surface area (Å²) in [5.74, 6) is -0.782. The van der Waals surface area contributed by atoms with Crippen molar-refractivity contribution in [3.05, 3.63) is 52.4 Å². The van der Waals surface area contributed by atoms with E-state index in [1.165, 1.54) is 14.2 Å². The molecule has 0 fully saturated rings. The molecule has 26 heavy (non-hydrogen) atoms. The minimum atomic E-state index is -0.568. The van der Waals surface area contributed by atoms with E-state index >= 15 is 0 Å². The molecule has 0 radical (unpaired) electrons. The van der Waals surface area contributed by atoms with Crippen LogP contribution in [0.15, 0.2) is 46.8 Å². The van der Waals surface area contributed by atoms with Gasteiger partial charge >= 0.3 is 11.9 Å². The van der Waals surface area contributed by atoms with E-state index in [0.29, 0.717) is 17.8 Å². The van der Waals surface area contributed by atoms with Crippen LogP contribution in [-0.2, 0) is 19.1 Å². The van der Waals surface area contributed by atoms with Crippen molar-refractivity contribution in [2.24, 2.45) is 0 Å². The third-order valence-electron chi connectivity index (χ3n) is 4.70. The first-order chi connectivity index (χ1) is 12.4. The summed E-state index contributed by atoms with van der Waals surface area (Å²) < 4.78 is 15.5. The van der Waals surface area contributed by atoms with Crippen LogP contribution in [-0.4, -0.2) is 44.7 Å². The maximum atomic E-state index is 12.5. The number of rotatable bonds is 5. The predicted molar refractivity (Wildman–Crippen MR) is 97.5 cm³/mol. The second-order valence-corrected chi connectivity index (χ2v) is 5.98. The van der Waals surface area contributed by atoms with E-state index in [9.17, 15) is 9.59 Å². The molecule has 1 aromatic rings. The second kappa shape index (κ2) is 8.08. The van der Waals surface area contributed by atoms with Gasteiger partial charge in [-0.2, -0.15) is 0 Å². The molecule has 6 heteroatoms. The standard InChI is InChI=1S/C20H25NO5/c1-7-26-15-10-8-14(9-11-15)18-16(19(22)24-5)12(2)21(4)13(3)17(18)20(23)25-6/h8-11,18H,7H2,1-6H3. The molecule has 1 heterocycles. The molecule has 0 spiro atoms. The zero-order chi connectivity index (χ0) is 19.4. The SMILES string of the molecule is CCOc1ccc(C2C(C(=O)OC)=C(C)N(C)C(C)=C2C(=O)OC)cc1. The van der Waals surface area contributed by atoms with Crippen molar-refractivity contribution in [2.45, 2.75) is 26.7 Å². The Kier molecular flexibility index (Phi) is 6.08. The molecule has 0 N–H and O–H groups in total. The van der Waals surface area contributed by atoms with Gasteiger partial charge < -0.3 is 19.1 Å². The highest BCUT2D eigenvalue weighted by Gasteiger charge is 2.39. The van der Waals surface area contributed by atoms with Crippen LogP contribution in [0.5, 0.6) is 5.75 Å². The van der Waals surface area contributed by atoms with Gasteiger partial charge in [-0.15, -0.1) is 0 Å². The molecule has 0 aliphatic carbocycles. The normalized spacial score (nSPS) is 15.2. The van der Waals surface area contributed by atoms with Gasteiger partial charge in [-0.05, 0) is 38.5 Å². The van der Waals surface area contributed by atoms with E-state index in [1.54, 1.807) is 0 Å². The molecule has 0 unspecified atom stereocenters. The molecular formula is C20H25NO5. The van der Waals surface area contributed by atoms with Gasteiger partial charge in [0.2, 0.25) is 0 Å². The van der Waals surface area contributed by atoms with E-state index < -0.39 is 17.9 Å². The fourth-order valence-corrected chi connectivity index (χ4v) is 3.18. The van der Waals surface area contributed by atoms with Crippen LogP contribution in [0.1, 0.15) is 32.3 Å². The van der Waals surface area contributed by atoms with Gasteiger partial charge in [0.1, 0.15) is 5.75 Å². The minimum Gasteiger partial charge on any atom is -0.494 e. The highest BCUT2D eigenvalue weighted by Crippen LogP contribution is 2.42. The first kappa shape index (κ1) is 19.6. The number of esters is 2. The first-order valence-electron chi connectivity index (χ1n) is 8.41. The largest absolute Gasteiger partial charge is 0.494 e. The van der Waals surface area contributed by atoms with Crippen molar-refractivity contribution in [3.63, 3.8) is 0 Å². The fraction of sp³-hybridized carbons (Fsp3) is 0.400. The Morgan fingerprint density at radius 3 is 1.81 bits per heavy atom. The zero-order valence-electron chi connectivity index (χ0n) is 16.1. The molecule has 1 aliphatic heterocycles. The Morgan fingerprint density at radius 1 is 0.962 bits per heavy atom. The maximum Gasteiger partial charge on any atom is 0.336 e. The third kappa shape index (κ3) is 3.45. The monoisotopic (exact) mass is 359 g/mol. The first-order valence-corrected chi connectivity index (χ1v) is 8.41. The Balaban J connectivity index is 2.66. The van der Waals surface area contributed by atoms with Crippen LogP contribution in [0.3, 0.4) is 0 Å². The number of methoxy groups -OCH3 is 2. The average molecular weight is 359 g/mol. The van der Waals surface area contributed by atoms with E-state index in [1.807, 2.05) is 57.0 Å². The summed E-state index contributed by atoms with van der Waals surface area (Å²) in [7, 11) is 4.48. The summed E-state index contributed by atoms with van der Waals surface area (Å²) in [6.07, 6.45) is 0. The Hall–Kier alpha value is -2.76. The van der Waals surface area contributed by atoms with Gasteiger partial charge in [0.05, 0.1) is 37.9 Å². The predicted octanol–water partition coefficient (Wildman–Crippen LogP) is 3.01. The lowest BCUT2D eigenvalue weighted by molar-refractivity contribution is -0.137. The van der Waals surface area contributed by atoms with Crippen LogP contribution in [0.25, 0.3) is 0 Å². The van der Waals surface area contributed by atoms with Crippen LogP contribution in [0, 0.1) is 0 Å². The van der Waals surface area contributed by atoms with Gasteiger partial charge in [-0.1, -0.05) is 12.1 Å². The van der Waals surface area contributed by atoms with Crippen LogP contribution >= 0.6 is 0 Å². The molecule has 0 saturated heterocycles. The van der Waals surface area contributed by atoms with Crippen molar-refractivity contribution >= 4 is 11.9 Å². The highest BCUT2D eigenvalue weighted by atomic mass is 16.5. The van der Waals surface area contributed by atoms with Crippen LogP contribution in [0.4, 0.5) is 0 Å². The molecule has 0 amide bonds. The highest BCUT2D eigenvalue weighted by molar-refractivity contribution is 5.99. The minimum absolute atomic E-state index is 0.421. The van der Waals surface area contributed by atoms with Gasteiger partial charge in [0.25, 0.3) is 0 Å². The molecule has 140 valence electrons. The lowest BCUT2D eigenvalue weighted by Gasteiger charge is -2.35. The van der Waals surface area contributed by atoms with Gasteiger partial charge in [0, 0.05) is 18.4 Å². The third-order valence-corrected chi connectivity index (χ3v) is 4.70. The van der Waals surface area contributed by atoms with E-state index in [4.69, 9.17) is 14.2 Å². The molecule has 6 nitrogen and oxygen atoms in total. The van der Waals surface area contributed by atoms with Gasteiger partial charge in [-0.25, -0.2) is 9.59 Å². The number of allylic oxidation sites excluding steroid dienone is 2. The number of hydrogen-bond acceptors (Lipinski definition) is 6. The lowest BCUT2D eigenvalue weighted by Crippen LogP contribution is -2.33. The van der Waals surface area contributed by atoms with Crippen molar-refractivity contribution < 1.29 is 23.8 Å². The molecular weight excluding hydrogens is 334 g/mol. The van der Waals surface area contributed by atoms with E-state index in [0.717, 1.165) is 22.7 Å². The van der Waals surface area contributed by atoms with Crippen molar-refractivity contribution in [2.75, 3.05) is 27.9 Å². The summed E-state index contributed by atoms with van der Waals surface area (Å²) in [6.45, 7) is 6.15. The number of benzene rings is 1. The average Bonchev–Trinajstić information content (AvgIpc) is 2.65. The molecule has 1 aliphatic rings. The summed E-state index contributed by atoms with van der Waals surface area (Å²) >= 11 is 0. The number of hydrogen-bond donors (Lipinski definition) is 0. The number of nitrogens with zero attached hydrogens (tertiary/aromatic N) is 1. The summed E-state index contributed by atoms with van der Waals surface area (Å²) in [6, 6.07) is 7.36. The molecule has 0 aromatic heterocycles. The maximum absolute atomic E-state index is 12.5. The Bertz CT molecular complexity index is 721. The molecule has 2 rings (SSSR count). The number of carbonyl (C=O) groups excluding carboxylic acids is 2. The summed E-state index contributed by atoms with van der Waals surface area (Å²) in [5.41, 5.74) is 3.11. The van der Waals surface area contributed by atoms with E-state index in [-0.39, 0.29) is 0 Å². The number of ether oxygens (including phenoxy) is 3. The summed E-state index contributed by atoms with van der Waals surface area (Å²) in [5, 5.41) is 0. The Morgan fingerprint density at radius 2 is 1.42 bits per heavy atom. The smallest absolute Gasteiger partial charge is 0.336 e. The lowest BCUT2D eigenvalue weighted by atomic mass is 9.80. The van der Waals surface area contributed by atoms with Crippen LogP contribution in [0.2, 0.25) is 0 Å². The quantitative estimate of drug-likeness (QED) is 0.753. The number of carbonyl (C=O) groups is 2. The molecule has 0 saturated carbocycles. The molecule has 0 bridgehead atoms. The molecule has 0 atom stereocenters. The van der Waals surface area contributed by atoms with Crippen LogP contribution < -0.4 is 4.74 Å². The molecule has 1 aromatic carbocycles. The van der Waals surface area contributed by atoms with Crippen molar-refractivity contribution in [3.8, 4) is 5.75 Å². The summed E-state index contributed by atoms with van der Waals surface area (Å²) in [4.78, 5) is 26.9. The van der Waals surface area contributed by atoms with Gasteiger partial charge in [0.15, 0.2) is 0 Å². The van der Waals surface area contributed by atoms with Crippen molar-refractivity contribution in [1.29, 1.82) is 0 Å². The van der Waals surface area contributed by atoms with E-state index in [2.05, 4.69) is 0 Å². The second-order valence-electron chi connectivity index (χ2n) is 5.98. The Labute approximate surface area is 154 Å². The topological polar surface area (TPSA) is 65.1 Å². The fourth-order valence-electron chi connectivity index (χ4n) is 3.18. The van der Waals surface area contributed by atoms with Crippen molar-refractivity contribution in [1.82, 2.24) is 4.90 Å². The van der Waals surface area contributed by atoms with Gasteiger partial charge in [-0.3, -0.25) is 0 Å². The zero-order valence-corrected chi connectivity index (χ0v) is 16.1.